The van der Waals surface area contributed by atoms with E-state index in [4.69, 9.17) is 21.3 Å². The van der Waals surface area contributed by atoms with Gasteiger partial charge in [0.2, 0.25) is 0 Å². The van der Waals surface area contributed by atoms with Crippen LogP contribution in [0.2, 0.25) is 5.02 Å². The molecule has 1 N–H and O–H groups in total. The Morgan fingerprint density at radius 2 is 1.73 bits per heavy atom. The van der Waals surface area contributed by atoms with Crippen LogP contribution in [0.5, 0.6) is 5.75 Å². The molecular formula is C30H33ClFN3O2. The Balaban J connectivity index is 1.25. The number of aromatic nitrogens is 2. The van der Waals surface area contributed by atoms with Crippen molar-refractivity contribution >= 4 is 28.5 Å². The molecule has 0 unspecified atom stereocenters. The molecule has 4 rings (SSSR count). The summed E-state index contributed by atoms with van der Waals surface area (Å²) in [6.07, 6.45) is 4.57. The van der Waals surface area contributed by atoms with E-state index >= 15 is 0 Å². The van der Waals surface area contributed by atoms with E-state index in [-0.39, 0.29) is 11.7 Å². The highest BCUT2D eigenvalue weighted by atomic mass is 35.5. The van der Waals surface area contributed by atoms with Crippen LogP contribution in [0.4, 0.5) is 4.39 Å². The normalized spacial score (nSPS) is 11.1. The number of nitrogens with zero attached hydrogens (tertiary/aromatic N) is 2. The Morgan fingerprint density at radius 1 is 1.00 bits per heavy atom. The molecule has 7 heteroatoms. The van der Waals surface area contributed by atoms with Gasteiger partial charge in [-0.1, -0.05) is 30.2 Å². The third-order valence-electron chi connectivity index (χ3n) is 6.41. The first-order chi connectivity index (χ1) is 17.9. The number of ether oxygens (including phenoxy) is 1. The number of amides is 1. The molecule has 37 heavy (non-hydrogen) atoms. The summed E-state index contributed by atoms with van der Waals surface area (Å²) in [5, 5.41) is 3.69. The van der Waals surface area contributed by atoms with Crippen LogP contribution in [0.25, 0.3) is 11.0 Å². The molecule has 0 bridgehead atoms. The van der Waals surface area contributed by atoms with Gasteiger partial charge in [0.1, 0.15) is 17.4 Å². The zero-order chi connectivity index (χ0) is 26.2. The lowest BCUT2D eigenvalue weighted by atomic mass is 10.1. The van der Waals surface area contributed by atoms with Crippen molar-refractivity contribution in [1.82, 2.24) is 14.9 Å². The summed E-state index contributed by atoms with van der Waals surface area (Å²) < 4.78 is 21.3. The number of aryl methyl sites for hydroxylation is 4. The van der Waals surface area contributed by atoms with Crippen LogP contribution < -0.4 is 10.1 Å². The summed E-state index contributed by atoms with van der Waals surface area (Å²) in [7, 11) is 0. The van der Waals surface area contributed by atoms with Crippen molar-refractivity contribution in [2.75, 3.05) is 13.2 Å². The second-order valence-corrected chi connectivity index (χ2v) is 9.69. The minimum Gasteiger partial charge on any atom is -0.494 e. The van der Waals surface area contributed by atoms with E-state index in [1.54, 1.807) is 0 Å². The Morgan fingerprint density at radius 3 is 2.49 bits per heavy atom. The number of imidazole rings is 1. The van der Waals surface area contributed by atoms with Gasteiger partial charge in [-0.05, 0) is 92.8 Å². The molecule has 1 amide bonds. The average Bonchev–Trinajstić information content (AvgIpc) is 3.24. The molecule has 5 nitrogen and oxygen atoms in total. The minimum atomic E-state index is -0.346. The summed E-state index contributed by atoms with van der Waals surface area (Å²) in [4.78, 5) is 17.0. The average molecular weight is 522 g/mol. The summed E-state index contributed by atoms with van der Waals surface area (Å²) in [5.41, 5.74) is 4.67. The summed E-state index contributed by atoms with van der Waals surface area (Å²) in [5.74, 6) is 1.41. The fraction of sp³-hybridized carbons (Fsp3) is 0.333. The Labute approximate surface area is 222 Å². The third kappa shape index (κ3) is 7.10. The highest BCUT2D eigenvalue weighted by molar-refractivity contribution is 6.32. The van der Waals surface area contributed by atoms with Crippen molar-refractivity contribution in [3.8, 4) is 5.75 Å². The van der Waals surface area contributed by atoms with E-state index in [2.05, 4.69) is 22.0 Å². The number of benzene rings is 3. The molecule has 1 aromatic heterocycles. The van der Waals surface area contributed by atoms with Gasteiger partial charge in [-0.15, -0.1) is 0 Å². The van der Waals surface area contributed by atoms with E-state index in [9.17, 15) is 9.18 Å². The van der Waals surface area contributed by atoms with Crippen molar-refractivity contribution in [1.29, 1.82) is 0 Å². The first-order valence-corrected chi connectivity index (χ1v) is 13.2. The van der Waals surface area contributed by atoms with Crippen LogP contribution in [-0.2, 0) is 13.0 Å². The minimum absolute atomic E-state index is 0.173. The quantitative estimate of drug-likeness (QED) is 0.203. The Bertz CT molecular complexity index is 1330. The van der Waals surface area contributed by atoms with Crippen molar-refractivity contribution < 1.29 is 13.9 Å². The zero-order valence-corrected chi connectivity index (χ0v) is 22.2. The predicted molar refractivity (Wildman–Crippen MR) is 147 cm³/mol. The van der Waals surface area contributed by atoms with Crippen molar-refractivity contribution in [2.45, 2.75) is 52.5 Å². The lowest BCUT2D eigenvalue weighted by Gasteiger charge is -2.12. The van der Waals surface area contributed by atoms with Gasteiger partial charge in [-0.2, -0.15) is 0 Å². The molecular weight excluding hydrogens is 489 g/mol. The molecule has 3 aromatic carbocycles. The molecule has 4 aromatic rings. The van der Waals surface area contributed by atoms with Crippen molar-refractivity contribution in [3.63, 3.8) is 0 Å². The van der Waals surface area contributed by atoms with Crippen LogP contribution in [0.15, 0.2) is 60.7 Å². The fourth-order valence-corrected chi connectivity index (χ4v) is 4.57. The predicted octanol–water partition coefficient (Wildman–Crippen LogP) is 7.06. The molecule has 0 atom stereocenters. The molecule has 0 aliphatic rings. The number of unbranched alkanes of at least 4 members (excludes halogenated alkanes) is 2. The number of hydrogen-bond acceptors (Lipinski definition) is 3. The van der Waals surface area contributed by atoms with Gasteiger partial charge in [0, 0.05) is 30.1 Å². The number of rotatable bonds is 12. The number of carbonyl (C=O) groups is 1. The summed E-state index contributed by atoms with van der Waals surface area (Å²) >= 11 is 6.27. The summed E-state index contributed by atoms with van der Waals surface area (Å²) in [6, 6.07) is 17.8. The molecule has 0 spiro atoms. The Hall–Kier alpha value is -3.38. The van der Waals surface area contributed by atoms with Gasteiger partial charge in [0.05, 0.1) is 17.6 Å². The van der Waals surface area contributed by atoms with E-state index in [0.717, 1.165) is 77.4 Å². The molecule has 0 fully saturated rings. The maximum Gasteiger partial charge on any atom is 0.251 e. The largest absolute Gasteiger partial charge is 0.494 e. The van der Waals surface area contributed by atoms with E-state index in [0.29, 0.717) is 18.7 Å². The molecule has 0 radical (unpaired) electrons. The van der Waals surface area contributed by atoms with Gasteiger partial charge in [0.15, 0.2) is 0 Å². The van der Waals surface area contributed by atoms with Crippen LogP contribution >= 0.6 is 11.6 Å². The number of nitrogens with one attached hydrogen (secondary N) is 1. The topological polar surface area (TPSA) is 56.1 Å². The van der Waals surface area contributed by atoms with E-state index in [1.807, 2.05) is 38.1 Å². The molecule has 1 heterocycles. The van der Waals surface area contributed by atoms with Crippen molar-refractivity contribution in [2.24, 2.45) is 0 Å². The number of para-hydroxylation sites is 2. The van der Waals surface area contributed by atoms with Crippen molar-refractivity contribution in [3.05, 3.63) is 94.0 Å². The van der Waals surface area contributed by atoms with Gasteiger partial charge in [-0.3, -0.25) is 4.79 Å². The molecule has 0 aliphatic heterocycles. The van der Waals surface area contributed by atoms with E-state index < -0.39 is 0 Å². The second kappa shape index (κ2) is 12.7. The van der Waals surface area contributed by atoms with Crippen LogP contribution in [0.1, 0.15) is 53.0 Å². The highest BCUT2D eigenvalue weighted by Crippen LogP contribution is 2.26. The van der Waals surface area contributed by atoms with Crippen LogP contribution in [-0.4, -0.2) is 28.6 Å². The van der Waals surface area contributed by atoms with Crippen LogP contribution in [0.3, 0.4) is 0 Å². The maximum atomic E-state index is 13.0. The zero-order valence-electron chi connectivity index (χ0n) is 21.4. The van der Waals surface area contributed by atoms with Crippen LogP contribution in [0, 0.1) is 19.7 Å². The highest BCUT2D eigenvalue weighted by Gasteiger charge is 2.11. The number of hydrogen-bond donors (Lipinski definition) is 1. The smallest absolute Gasteiger partial charge is 0.251 e. The van der Waals surface area contributed by atoms with Gasteiger partial charge < -0.3 is 14.6 Å². The van der Waals surface area contributed by atoms with Gasteiger partial charge in [0.25, 0.3) is 5.91 Å². The standard InChI is InChI=1S/C30H33ClFN3O2/c1-21-19-25(20-22(2)29(21)31)37-18-8-17-35-27-10-6-5-9-26(27)34-28(35)11-4-3-7-16-33-30(36)23-12-14-24(32)15-13-23/h5-6,9-10,12-15,19-20H,3-4,7-8,11,16-18H2,1-2H3,(H,33,36). The third-order valence-corrected chi connectivity index (χ3v) is 7.00. The fourth-order valence-electron chi connectivity index (χ4n) is 4.46. The second-order valence-electron chi connectivity index (χ2n) is 9.31. The first-order valence-electron chi connectivity index (χ1n) is 12.8. The molecule has 194 valence electrons. The lowest BCUT2D eigenvalue weighted by Crippen LogP contribution is -2.24. The molecule has 0 aliphatic carbocycles. The molecule has 0 saturated carbocycles. The Kier molecular flexibility index (Phi) is 9.18. The van der Waals surface area contributed by atoms with Gasteiger partial charge in [-0.25, -0.2) is 9.37 Å². The van der Waals surface area contributed by atoms with Gasteiger partial charge >= 0.3 is 0 Å². The number of fused-ring (bicyclic) bond motifs is 1. The SMILES string of the molecule is Cc1cc(OCCCn2c(CCCCCNC(=O)c3ccc(F)cc3)nc3ccccc32)cc(C)c1Cl. The molecule has 0 saturated heterocycles. The first kappa shape index (κ1) is 26.7. The number of carbonyl (C=O) groups excluding carboxylic acids is 1. The monoisotopic (exact) mass is 521 g/mol. The summed E-state index contributed by atoms with van der Waals surface area (Å²) in [6.45, 7) is 6.01. The maximum absolute atomic E-state index is 13.0. The lowest BCUT2D eigenvalue weighted by molar-refractivity contribution is 0.0953. The number of halogens is 2. The van der Waals surface area contributed by atoms with E-state index in [1.165, 1.54) is 24.3 Å².